The number of rotatable bonds is 1. The number of hydrogen-bond acceptors (Lipinski definition) is 5. The molecule has 0 aromatic carbocycles. The Morgan fingerprint density at radius 1 is 1.28 bits per heavy atom. The molecule has 1 fully saturated rings. The number of halogens is 1. The second-order valence-corrected chi connectivity index (χ2v) is 7.14. The van der Waals surface area contributed by atoms with Crippen LogP contribution in [0, 0.1) is 6.92 Å². The van der Waals surface area contributed by atoms with E-state index in [-0.39, 0.29) is 0 Å². The van der Waals surface area contributed by atoms with E-state index in [1.165, 1.54) is 17.1 Å². The third kappa shape index (κ3) is 2.44. The molecular weight excluding hydrogens is 286 g/mol. The molecule has 2 aromatic heterocycles. The number of thiophene rings is 1. The van der Waals surface area contributed by atoms with E-state index < -0.39 is 0 Å². The van der Waals surface area contributed by atoms with Crippen LogP contribution in [0.3, 0.4) is 0 Å². The fourth-order valence-electron chi connectivity index (χ4n) is 2.20. The van der Waals surface area contributed by atoms with Gasteiger partial charge in [-0.05, 0) is 36.8 Å². The van der Waals surface area contributed by atoms with Gasteiger partial charge in [0.2, 0.25) is 5.28 Å². The molecule has 1 aliphatic rings. The zero-order valence-corrected chi connectivity index (χ0v) is 12.5. The minimum atomic E-state index is 0.358. The molecule has 3 nitrogen and oxygen atoms in total. The molecule has 0 N–H and O–H groups in total. The number of nitrogens with zero attached hydrogens (tertiary/aromatic N) is 3. The second-order valence-electron chi connectivity index (χ2n) is 4.35. The molecule has 0 bridgehead atoms. The highest BCUT2D eigenvalue weighted by molar-refractivity contribution is 7.99. The van der Waals surface area contributed by atoms with Crippen LogP contribution in [-0.4, -0.2) is 34.6 Å². The molecule has 1 saturated heterocycles. The molecule has 18 heavy (non-hydrogen) atoms. The van der Waals surface area contributed by atoms with Gasteiger partial charge in [-0.2, -0.15) is 16.7 Å². The quantitative estimate of drug-likeness (QED) is 0.753. The summed E-state index contributed by atoms with van der Waals surface area (Å²) in [7, 11) is 0. The normalized spacial score (nSPS) is 17.1. The Bertz CT molecular complexity index is 562. The predicted octanol–water partition coefficient (Wildman–Crippen LogP) is 3.60. The van der Waals surface area contributed by atoms with Crippen molar-refractivity contribution in [2.45, 2.75) is 13.3 Å². The van der Waals surface area contributed by atoms with Crippen molar-refractivity contribution in [2.75, 3.05) is 29.5 Å². The smallest absolute Gasteiger partial charge is 0.225 e. The number of aryl methyl sites for hydroxylation is 1. The molecule has 2 aromatic rings. The summed E-state index contributed by atoms with van der Waals surface area (Å²) in [4.78, 5) is 13.4. The van der Waals surface area contributed by atoms with E-state index in [9.17, 15) is 0 Å². The van der Waals surface area contributed by atoms with Crippen molar-refractivity contribution in [3.8, 4) is 0 Å². The summed E-state index contributed by atoms with van der Waals surface area (Å²) in [6.07, 6.45) is 1.21. The first-order valence-corrected chi connectivity index (χ1v) is 8.35. The Hall–Kier alpha value is -0.520. The van der Waals surface area contributed by atoms with Gasteiger partial charge in [-0.25, -0.2) is 4.98 Å². The van der Waals surface area contributed by atoms with Crippen molar-refractivity contribution < 1.29 is 0 Å². The van der Waals surface area contributed by atoms with Crippen molar-refractivity contribution >= 4 is 50.7 Å². The van der Waals surface area contributed by atoms with Gasteiger partial charge in [0.15, 0.2) is 0 Å². The van der Waals surface area contributed by atoms with E-state index in [0.29, 0.717) is 5.28 Å². The minimum absolute atomic E-state index is 0.358. The Balaban J connectivity index is 2.08. The van der Waals surface area contributed by atoms with Crippen LogP contribution in [-0.2, 0) is 0 Å². The topological polar surface area (TPSA) is 29.0 Å². The summed E-state index contributed by atoms with van der Waals surface area (Å²) >= 11 is 9.74. The van der Waals surface area contributed by atoms with Crippen LogP contribution in [0.5, 0.6) is 0 Å². The van der Waals surface area contributed by atoms with Gasteiger partial charge in [0.1, 0.15) is 10.6 Å². The molecule has 96 valence electrons. The molecule has 6 heteroatoms. The van der Waals surface area contributed by atoms with Crippen LogP contribution in [0.4, 0.5) is 5.82 Å². The van der Waals surface area contributed by atoms with Gasteiger partial charge in [-0.1, -0.05) is 0 Å². The minimum Gasteiger partial charge on any atom is -0.355 e. The zero-order valence-electron chi connectivity index (χ0n) is 10.1. The molecule has 0 unspecified atom stereocenters. The summed E-state index contributed by atoms with van der Waals surface area (Å²) in [5.41, 5.74) is 0. The van der Waals surface area contributed by atoms with Gasteiger partial charge in [-0.15, -0.1) is 11.3 Å². The molecule has 0 atom stereocenters. The Morgan fingerprint density at radius 2 is 2.17 bits per heavy atom. The first-order chi connectivity index (χ1) is 8.74. The average molecular weight is 300 g/mol. The van der Waals surface area contributed by atoms with E-state index in [2.05, 4.69) is 27.9 Å². The zero-order chi connectivity index (χ0) is 12.5. The summed E-state index contributed by atoms with van der Waals surface area (Å²) in [5, 5.41) is 1.50. The lowest BCUT2D eigenvalue weighted by Gasteiger charge is -2.21. The number of anilines is 1. The largest absolute Gasteiger partial charge is 0.355 e. The van der Waals surface area contributed by atoms with Crippen LogP contribution < -0.4 is 4.90 Å². The number of fused-ring (bicyclic) bond motifs is 1. The number of aromatic nitrogens is 2. The lowest BCUT2D eigenvalue weighted by atomic mass is 10.3. The van der Waals surface area contributed by atoms with Gasteiger partial charge in [0.05, 0.1) is 5.39 Å². The number of thioether (sulfide) groups is 1. The van der Waals surface area contributed by atoms with Crippen LogP contribution in [0.2, 0.25) is 5.28 Å². The lowest BCUT2D eigenvalue weighted by Crippen LogP contribution is -2.26. The third-order valence-electron chi connectivity index (χ3n) is 2.99. The first-order valence-electron chi connectivity index (χ1n) is 6.00. The maximum absolute atomic E-state index is 6.05. The van der Waals surface area contributed by atoms with Crippen molar-refractivity contribution in [3.63, 3.8) is 0 Å². The summed E-state index contributed by atoms with van der Waals surface area (Å²) in [6, 6.07) is 2.17. The maximum Gasteiger partial charge on any atom is 0.225 e. The van der Waals surface area contributed by atoms with Crippen LogP contribution in [0.1, 0.15) is 11.3 Å². The fraction of sp³-hybridized carbons (Fsp3) is 0.500. The third-order valence-corrected chi connectivity index (χ3v) is 5.15. The monoisotopic (exact) mass is 299 g/mol. The van der Waals surface area contributed by atoms with Crippen molar-refractivity contribution in [1.29, 1.82) is 0 Å². The molecule has 0 amide bonds. The predicted molar refractivity (Wildman–Crippen MR) is 81.3 cm³/mol. The van der Waals surface area contributed by atoms with Gasteiger partial charge < -0.3 is 4.90 Å². The van der Waals surface area contributed by atoms with Gasteiger partial charge >= 0.3 is 0 Å². The van der Waals surface area contributed by atoms with E-state index in [4.69, 9.17) is 11.6 Å². The lowest BCUT2D eigenvalue weighted by molar-refractivity contribution is 0.804. The summed E-state index contributed by atoms with van der Waals surface area (Å²) < 4.78 is 0. The standard InChI is InChI=1S/C12H14ClN3S2/c1-8-7-9-10(14-12(13)15-11(9)18-8)16-3-2-5-17-6-4-16/h7H,2-6H2,1H3. The molecule has 1 aliphatic heterocycles. The highest BCUT2D eigenvalue weighted by Gasteiger charge is 2.17. The summed E-state index contributed by atoms with van der Waals surface area (Å²) in [5.74, 6) is 3.41. The SMILES string of the molecule is Cc1cc2c(N3CCCSCC3)nc(Cl)nc2s1. The van der Waals surface area contributed by atoms with Gasteiger partial charge in [0, 0.05) is 23.7 Å². The Kier molecular flexibility index (Phi) is 3.63. The average Bonchev–Trinajstić information content (AvgIpc) is 2.56. The molecule has 3 rings (SSSR count). The van der Waals surface area contributed by atoms with Crippen molar-refractivity contribution in [2.24, 2.45) is 0 Å². The Morgan fingerprint density at radius 3 is 3.06 bits per heavy atom. The molecule has 0 radical (unpaired) electrons. The van der Waals surface area contributed by atoms with Crippen molar-refractivity contribution in [1.82, 2.24) is 9.97 Å². The first kappa shape index (κ1) is 12.5. The van der Waals surface area contributed by atoms with Gasteiger partial charge in [0.25, 0.3) is 0 Å². The molecular formula is C12H14ClN3S2. The fourth-order valence-corrected chi connectivity index (χ4v) is 4.18. The molecule has 3 heterocycles. The highest BCUT2D eigenvalue weighted by atomic mass is 35.5. The van der Waals surface area contributed by atoms with E-state index in [1.54, 1.807) is 11.3 Å². The summed E-state index contributed by atoms with van der Waals surface area (Å²) in [6.45, 7) is 4.20. The van der Waals surface area contributed by atoms with Gasteiger partial charge in [-0.3, -0.25) is 0 Å². The van der Waals surface area contributed by atoms with Crippen LogP contribution in [0.25, 0.3) is 10.2 Å². The maximum atomic E-state index is 6.05. The van der Waals surface area contributed by atoms with E-state index in [1.807, 2.05) is 11.8 Å². The molecule has 0 saturated carbocycles. The van der Waals surface area contributed by atoms with Crippen molar-refractivity contribution in [3.05, 3.63) is 16.2 Å². The second kappa shape index (κ2) is 5.23. The number of hydrogen-bond donors (Lipinski definition) is 0. The highest BCUT2D eigenvalue weighted by Crippen LogP contribution is 2.32. The van der Waals surface area contributed by atoms with Crippen LogP contribution in [0.15, 0.2) is 6.07 Å². The van der Waals surface area contributed by atoms with E-state index >= 15 is 0 Å². The molecule has 0 aliphatic carbocycles. The molecule has 0 spiro atoms. The van der Waals surface area contributed by atoms with E-state index in [0.717, 1.165) is 34.9 Å². The Labute approximate surface area is 120 Å². The van der Waals surface area contributed by atoms with Crippen LogP contribution >= 0.6 is 34.7 Å².